The SMILES string of the molecule is C=CCN1CC(=O)N2C(CN(Cc3cccc(C(=O)N(C)C)c3)C(=O)[C@@H]2Cc2ccc(O)cc2)N1C(=O)NCc1ccccc1. The van der Waals surface area contributed by atoms with Crippen LogP contribution in [-0.2, 0) is 29.1 Å². The Hall–Kier alpha value is -5.16. The molecule has 11 heteroatoms. The summed E-state index contributed by atoms with van der Waals surface area (Å²) in [6.45, 7) is 4.50. The smallest absolute Gasteiger partial charge is 0.334 e. The largest absolute Gasteiger partial charge is 0.508 e. The van der Waals surface area contributed by atoms with Gasteiger partial charge in [-0.1, -0.05) is 60.7 Å². The molecule has 2 atom stereocenters. The number of phenols is 1. The van der Waals surface area contributed by atoms with E-state index in [2.05, 4.69) is 11.9 Å². The van der Waals surface area contributed by atoms with Gasteiger partial charge in [0.1, 0.15) is 18.0 Å². The predicted octanol–water partition coefficient (Wildman–Crippen LogP) is 2.83. The number of hydrogen-bond donors (Lipinski definition) is 2. The summed E-state index contributed by atoms with van der Waals surface area (Å²) in [4.78, 5) is 59.1. The number of fused-ring (bicyclic) bond motifs is 1. The molecule has 45 heavy (non-hydrogen) atoms. The molecule has 3 aromatic rings. The minimum Gasteiger partial charge on any atom is -0.508 e. The predicted molar refractivity (Wildman–Crippen MR) is 168 cm³/mol. The zero-order valence-electron chi connectivity index (χ0n) is 25.5. The first kappa shape index (κ1) is 31.3. The molecular formula is C34H38N6O5. The maximum absolute atomic E-state index is 14.2. The van der Waals surface area contributed by atoms with Gasteiger partial charge in [-0.3, -0.25) is 14.4 Å². The van der Waals surface area contributed by atoms with Gasteiger partial charge in [-0.05, 0) is 41.0 Å². The van der Waals surface area contributed by atoms with Crippen molar-refractivity contribution in [2.75, 3.05) is 33.7 Å². The van der Waals surface area contributed by atoms with Gasteiger partial charge in [0.15, 0.2) is 0 Å². The fourth-order valence-electron chi connectivity index (χ4n) is 5.83. The molecule has 5 amide bonds. The summed E-state index contributed by atoms with van der Waals surface area (Å²) in [5, 5.41) is 16.0. The van der Waals surface area contributed by atoms with E-state index in [1.165, 1.54) is 26.9 Å². The fraction of sp³-hybridized carbons (Fsp3) is 0.294. The Balaban J connectivity index is 1.50. The summed E-state index contributed by atoms with van der Waals surface area (Å²) in [5.74, 6) is -0.601. The van der Waals surface area contributed by atoms with E-state index in [-0.39, 0.29) is 62.6 Å². The monoisotopic (exact) mass is 610 g/mol. The van der Waals surface area contributed by atoms with Crippen molar-refractivity contribution in [1.82, 2.24) is 30.0 Å². The quantitative estimate of drug-likeness (QED) is 0.360. The van der Waals surface area contributed by atoms with Crippen LogP contribution in [0.4, 0.5) is 4.79 Å². The molecule has 11 nitrogen and oxygen atoms in total. The maximum Gasteiger partial charge on any atom is 0.334 e. The van der Waals surface area contributed by atoms with E-state index in [1.807, 2.05) is 36.4 Å². The Morgan fingerprint density at radius 3 is 2.38 bits per heavy atom. The number of hydrogen-bond acceptors (Lipinski definition) is 6. The molecule has 2 heterocycles. The number of hydrazine groups is 1. The normalized spacial score (nSPS) is 18.4. The van der Waals surface area contributed by atoms with Crippen molar-refractivity contribution in [3.63, 3.8) is 0 Å². The van der Waals surface area contributed by atoms with Crippen LogP contribution in [0.25, 0.3) is 0 Å². The molecule has 0 radical (unpaired) electrons. The van der Waals surface area contributed by atoms with Crippen LogP contribution in [0.2, 0.25) is 0 Å². The highest BCUT2D eigenvalue weighted by Crippen LogP contribution is 2.30. The molecule has 5 rings (SSSR count). The molecule has 1 unspecified atom stereocenters. The number of nitrogens with zero attached hydrogens (tertiary/aromatic N) is 5. The van der Waals surface area contributed by atoms with Crippen LogP contribution in [0.1, 0.15) is 27.0 Å². The lowest BCUT2D eigenvalue weighted by Crippen LogP contribution is -2.76. The van der Waals surface area contributed by atoms with E-state index in [1.54, 1.807) is 60.4 Å². The summed E-state index contributed by atoms with van der Waals surface area (Å²) in [5.41, 5.74) is 2.92. The molecule has 0 bridgehead atoms. The summed E-state index contributed by atoms with van der Waals surface area (Å²) in [6, 6.07) is 21.8. The van der Waals surface area contributed by atoms with Crippen LogP contribution >= 0.6 is 0 Å². The van der Waals surface area contributed by atoms with E-state index in [0.717, 1.165) is 16.7 Å². The molecule has 2 N–H and O–H groups in total. The first-order valence-electron chi connectivity index (χ1n) is 14.8. The lowest BCUT2D eigenvalue weighted by molar-refractivity contribution is -0.189. The van der Waals surface area contributed by atoms with Crippen LogP contribution in [-0.4, -0.2) is 99.5 Å². The Bertz CT molecular complexity index is 1560. The van der Waals surface area contributed by atoms with E-state index in [9.17, 15) is 24.3 Å². The van der Waals surface area contributed by atoms with Crippen LogP contribution in [0.15, 0.2) is 91.5 Å². The Kier molecular flexibility index (Phi) is 9.48. The Labute approximate surface area is 262 Å². The molecule has 2 fully saturated rings. The summed E-state index contributed by atoms with van der Waals surface area (Å²) >= 11 is 0. The van der Waals surface area contributed by atoms with Gasteiger partial charge in [-0.2, -0.15) is 0 Å². The second kappa shape index (κ2) is 13.6. The van der Waals surface area contributed by atoms with Crippen molar-refractivity contribution in [2.24, 2.45) is 0 Å². The number of urea groups is 1. The molecule has 0 aliphatic carbocycles. The van der Waals surface area contributed by atoms with Gasteiger partial charge in [0.2, 0.25) is 11.8 Å². The Morgan fingerprint density at radius 2 is 1.69 bits per heavy atom. The number of aromatic hydroxyl groups is 1. The third kappa shape index (κ3) is 6.99. The average Bonchev–Trinajstić information content (AvgIpc) is 3.03. The lowest BCUT2D eigenvalue weighted by Gasteiger charge is -2.55. The highest BCUT2D eigenvalue weighted by molar-refractivity contribution is 5.94. The lowest BCUT2D eigenvalue weighted by atomic mass is 9.98. The number of carbonyl (C=O) groups is 4. The number of piperazine rings is 1. The van der Waals surface area contributed by atoms with E-state index in [0.29, 0.717) is 5.56 Å². The van der Waals surface area contributed by atoms with Crippen molar-refractivity contribution in [3.8, 4) is 5.75 Å². The molecular weight excluding hydrogens is 572 g/mol. The fourth-order valence-corrected chi connectivity index (χ4v) is 5.83. The minimum atomic E-state index is -0.900. The van der Waals surface area contributed by atoms with Crippen molar-refractivity contribution in [1.29, 1.82) is 0 Å². The first-order valence-corrected chi connectivity index (χ1v) is 14.8. The molecule has 0 spiro atoms. The van der Waals surface area contributed by atoms with Crippen molar-refractivity contribution < 1.29 is 24.3 Å². The highest BCUT2D eigenvalue weighted by atomic mass is 16.3. The molecule has 0 aromatic heterocycles. The summed E-state index contributed by atoms with van der Waals surface area (Å²) in [7, 11) is 3.36. The molecule has 0 saturated carbocycles. The number of phenolic OH excluding ortho intramolecular Hbond substituents is 1. The van der Waals surface area contributed by atoms with Crippen molar-refractivity contribution in [2.45, 2.75) is 31.7 Å². The average molecular weight is 611 g/mol. The molecule has 2 saturated heterocycles. The second-order valence-electron chi connectivity index (χ2n) is 11.4. The maximum atomic E-state index is 14.2. The number of nitrogens with one attached hydrogen (secondary N) is 1. The van der Waals surface area contributed by atoms with Crippen LogP contribution in [0, 0.1) is 0 Å². The molecule has 2 aliphatic heterocycles. The summed E-state index contributed by atoms with van der Waals surface area (Å²) < 4.78 is 0. The zero-order valence-corrected chi connectivity index (χ0v) is 25.5. The van der Waals surface area contributed by atoms with Gasteiger partial charge in [0, 0.05) is 45.7 Å². The van der Waals surface area contributed by atoms with Gasteiger partial charge in [-0.25, -0.2) is 14.8 Å². The minimum absolute atomic E-state index is 0.0644. The van der Waals surface area contributed by atoms with E-state index >= 15 is 0 Å². The number of rotatable bonds is 9. The van der Waals surface area contributed by atoms with Gasteiger partial charge < -0.3 is 25.1 Å². The van der Waals surface area contributed by atoms with Crippen LogP contribution < -0.4 is 5.32 Å². The number of benzene rings is 3. The standard InChI is InChI=1S/C34H38N6O5/c1-4-17-38-23-31(42)39-29(19-24-13-15-28(41)16-14-24)33(44)37(21-26-11-8-12-27(18-26)32(43)36(2)3)22-30(39)40(38)34(45)35-20-25-9-6-5-7-10-25/h4-16,18,29-30,41H,1,17,19-23H2,2-3H3,(H,35,45)/t29-,30?/m0/s1. The van der Waals surface area contributed by atoms with E-state index in [4.69, 9.17) is 0 Å². The third-order valence-corrected chi connectivity index (χ3v) is 7.98. The summed E-state index contributed by atoms with van der Waals surface area (Å²) in [6.07, 6.45) is 1.03. The van der Waals surface area contributed by atoms with Gasteiger partial charge in [0.25, 0.3) is 5.91 Å². The van der Waals surface area contributed by atoms with Crippen LogP contribution in [0.5, 0.6) is 5.75 Å². The molecule has 3 aromatic carbocycles. The van der Waals surface area contributed by atoms with Gasteiger partial charge in [0.05, 0.1) is 13.1 Å². The first-order chi connectivity index (χ1) is 21.7. The number of amides is 5. The zero-order chi connectivity index (χ0) is 32.1. The molecule has 2 aliphatic rings. The van der Waals surface area contributed by atoms with Crippen molar-refractivity contribution in [3.05, 3.63) is 114 Å². The molecule has 234 valence electrons. The topological polar surface area (TPSA) is 117 Å². The van der Waals surface area contributed by atoms with Crippen LogP contribution in [0.3, 0.4) is 0 Å². The Morgan fingerprint density at radius 1 is 0.978 bits per heavy atom. The van der Waals surface area contributed by atoms with Crippen molar-refractivity contribution >= 4 is 23.8 Å². The highest BCUT2D eigenvalue weighted by Gasteiger charge is 2.51. The number of carbonyl (C=O) groups excluding carboxylic acids is 4. The van der Waals surface area contributed by atoms with Gasteiger partial charge in [-0.15, -0.1) is 6.58 Å². The second-order valence-corrected chi connectivity index (χ2v) is 11.4. The van der Waals surface area contributed by atoms with E-state index < -0.39 is 18.2 Å². The third-order valence-electron chi connectivity index (χ3n) is 7.98. The van der Waals surface area contributed by atoms with Gasteiger partial charge >= 0.3 is 6.03 Å².